The Bertz CT molecular complexity index is 1460. The van der Waals surface area contributed by atoms with Gasteiger partial charge in [-0.15, -0.1) is 0 Å². The number of amides is 3. The van der Waals surface area contributed by atoms with Crippen molar-refractivity contribution in [3.05, 3.63) is 84.2 Å². The highest BCUT2D eigenvalue weighted by Gasteiger charge is 2.42. The van der Waals surface area contributed by atoms with Crippen LogP contribution in [0.1, 0.15) is 67.6 Å². The summed E-state index contributed by atoms with van der Waals surface area (Å²) in [5.74, 6) is -0.219. The zero-order valence-electron chi connectivity index (χ0n) is 23.6. The summed E-state index contributed by atoms with van der Waals surface area (Å²) in [6.45, 7) is 6.26. The van der Waals surface area contributed by atoms with E-state index in [0.29, 0.717) is 18.1 Å². The van der Waals surface area contributed by atoms with Gasteiger partial charge in [0.05, 0.1) is 24.4 Å². The molecule has 0 spiro atoms. The van der Waals surface area contributed by atoms with Crippen molar-refractivity contribution in [1.82, 2.24) is 30.7 Å². The summed E-state index contributed by atoms with van der Waals surface area (Å²) >= 11 is 0. The van der Waals surface area contributed by atoms with Crippen molar-refractivity contribution in [3.8, 4) is 11.3 Å². The van der Waals surface area contributed by atoms with Gasteiger partial charge in [0.2, 0.25) is 11.8 Å². The summed E-state index contributed by atoms with van der Waals surface area (Å²) in [4.78, 5) is 49.8. The van der Waals surface area contributed by atoms with Crippen molar-refractivity contribution >= 4 is 17.7 Å². The molecule has 5 rings (SSSR count). The van der Waals surface area contributed by atoms with Gasteiger partial charge in [0, 0.05) is 24.1 Å². The standard InChI is InChI=1S/C31H36N6O4/c1-20-17-24(36-41-20)30(40)35-23(18-27(38)37-16-10-13-26(37)31(3)14-8-5-9-15-31)29(39)33-21(2)28-32-19-25(34-28)22-11-6-4-7-12-22/h4-9,11-12,14,17,19,21,23,26H,10,13,15-16,18H2,1-3H3,(H,32,34)(H,33,39)(H,35,40)/t21-,23-,26+,31?/m0/s1. The lowest BCUT2D eigenvalue weighted by Gasteiger charge is -2.39. The Morgan fingerprint density at radius 2 is 2.00 bits per heavy atom. The lowest BCUT2D eigenvalue weighted by atomic mass is 9.76. The predicted molar refractivity (Wildman–Crippen MR) is 153 cm³/mol. The monoisotopic (exact) mass is 556 g/mol. The SMILES string of the molecule is Cc1cc(C(=O)N[C@@H](CC(=O)N2CCC[C@@H]2C2(C)C=CC=CC2)C(=O)N[C@@H](C)c2ncc(-c3ccccc3)[nH]2)no1. The highest BCUT2D eigenvalue weighted by atomic mass is 16.5. The first-order valence-corrected chi connectivity index (χ1v) is 14.0. The van der Waals surface area contributed by atoms with Gasteiger partial charge in [-0.1, -0.05) is 66.7 Å². The molecule has 3 aromatic rings. The Labute approximate surface area is 239 Å². The van der Waals surface area contributed by atoms with Crippen molar-refractivity contribution < 1.29 is 18.9 Å². The highest BCUT2D eigenvalue weighted by molar-refractivity contribution is 5.97. The van der Waals surface area contributed by atoms with Crippen molar-refractivity contribution in [2.45, 2.75) is 64.6 Å². The lowest BCUT2D eigenvalue weighted by molar-refractivity contribution is -0.137. The molecule has 0 bridgehead atoms. The minimum absolute atomic E-state index is 0.0206. The van der Waals surface area contributed by atoms with E-state index in [9.17, 15) is 14.4 Å². The van der Waals surface area contributed by atoms with Gasteiger partial charge in [0.1, 0.15) is 17.6 Å². The molecule has 41 heavy (non-hydrogen) atoms. The molecule has 1 saturated heterocycles. The van der Waals surface area contributed by atoms with Gasteiger partial charge in [-0.2, -0.15) is 0 Å². The van der Waals surface area contributed by atoms with Crippen LogP contribution in [0, 0.1) is 12.3 Å². The molecule has 0 saturated carbocycles. The number of aromatic amines is 1. The van der Waals surface area contributed by atoms with Gasteiger partial charge in [-0.25, -0.2) is 4.98 Å². The molecule has 2 aromatic heterocycles. The minimum atomic E-state index is -1.12. The summed E-state index contributed by atoms with van der Waals surface area (Å²) in [5, 5.41) is 9.40. The maximum absolute atomic E-state index is 13.7. The molecule has 1 unspecified atom stereocenters. The number of hydrogen-bond donors (Lipinski definition) is 3. The third kappa shape index (κ3) is 6.32. The summed E-state index contributed by atoms with van der Waals surface area (Å²) in [6.07, 6.45) is 12.5. The fraction of sp³-hybridized carbons (Fsp3) is 0.387. The smallest absolute Gasteiger partial charge is 0.274 e. The second-order valence-electron chi connectivity index (χ2n) is 11.1. The topological polar surface area (TPSA) is 133 Å². The maximum Gasteiger partial charge on any atom is 0.274 e. The van der Waals surface area contributed by atoms with Crippen LogP contribution in [0.4, 0.5) is 0 Å². The molecule has 214 valence electrons. The van der Waals surface area contributed by atoms with E-state index in [-0.39, 0.29) is 29.5 Å². The Kier molecular flexibility index (Phi) is 8.19. The van der Waals surface area contributed by atoms with Crippen LogP contribution in [-0.4, -0.2) is 56.4 Å². The number of H-pyrrole nitrogens is 1. The van der Waals surface area contributed by atoms with E-state index in [1.165, 1.54) is 6.07 Å². The second kappa shape index (κ2) is 12.0. The van der Waals surface area contributed by atoms with E-state index < -0.39 is 23.9 Å². The number of aromatic nitrogens is 3. The first-order chi connectivity index (χ1) is 19.7. The van der Waals surface area contributed by atoms with Crippen LogP contribution >= 0.6 is 0 Å². The molecule has 10 heteroatoms. The van der Waals surface area contributed by atoms with Gasteiger partial charge < -0.3 is 25.0 Å². The summed E-state index contributed by atoms with van der Waals surface area (Å²) < 4.78 is 5.03. The molecule has 3 N–H and O–H groups in total. The third-order valence-electron chi connectivity index (χ3n) is 7.93. The largest absolute Gasteiger partial charge is 0.361 e. The number of nitrogens with zero attached hydrogens (tertiary/aromatic N) is 3. The normalized spacial score (nSPS) is 21.4. The molecule has 0 radical (unpaired) electrons. The number of allylic oxidation sites excluding steroid dienone is 3. The molecular formula is C31H36N6O4. The van der Waals surface area contributed by atoms with E-state index in [2.05, 4.69) is 44.8 Å². The second-order valence-corrected chi connectivity index (χ2v) is 11.1. The molecule has 1 aromatic carbocycles. The molecular weight excluding hydrogens is 520 g/mol. The minimum Gasteiger partial charge on any atom is -0.361 e. The number of carbonyl (C=O) groups is 3. The molecule has 2 aliphatic rings. The van der Waals surface area contributed by atoms with Gasteiger partial charge in [0.15, 0.2) is 5.69 Å². The zero-order valence-corrected chi connectivity index (χ0v) is 23.6. The predicted octanol–water partition coefficient (Wildman–Crippen LogP) is 4.25. The lowest BCUT2D eigenvalue weighted by Crippen LogP contribution is -2.52. The van der Waals surface area contributed by atoms with E-state index >= 15 is 0 Å². The number of imidazole rings is 1. The Hall–Kier alpha value is -4.47. The van der Waals surface area contributed by atoms with Crippen molar-refractivity contribution in [2.24, 2.45) is 5.41 Å². The van der Waals surface area contributed by atoms with Gasteiger partial charge >= 0.3 is 0 Å². The van der Waals surface area contributed by atoms with Crippen LogP contribution in [0.5, 0.6) is 0 Å². The van der Waals surface area contributed by atoms with Gasteiger partial charge in [-0.3, -0.25) is 14.4 Å². The van der Waals surface area contributed by atoms with Crippen LogP contribution in [0.3, 0.4) is 0 Å². The van der Waals surface area contributed by atoms with Crippen LogP contribution in [0.2, 0.25) is 0 Å². The van der Waals surface area contributed by atoms with Crippen molar-refractivity contribution in [1.29, 1.82) is 0 Å². The maximum atomic E-state index is 13.7. The van der Waals surface area contributed by atoms with Crippen LogP contribution in [0.15, 0.2) is 71.4 Å². The molecule has 4 atom stereocenters. The van der Waals surface area contributed by atoms with E-state index in [0.717, 1.165) is 30.5 Å². The number of benzene rings is 1. The first-order valence-electron chi connectivity index (χ1n) is 14.0. The molecule has 1 aliphatic heterocycles. The number of rotatable bonds is 9. The highest BCUT2D eigenvalue weighted by Crippen LogP contribution is 2.39. The Morgan fingerprint density at radius 3 is 2.71 bits per heavy atom. The molecule has 1 aliphatic carbocycles. The van der Waals surface area contributed by atoms with Crippen LogP contribution in [0.25, 0.3) is 11.3 Å². The Morgan fingerprint density at radius 1 is 1.20 bits per heavy atom. The molecule has 10 nitrogen and oxygen atoms in total. The Balaban J connectivity index is 1.31. The summed E-state index contributed by atoms with van der Waals surface area (Å²) in [7, 11) is 0. The molecule has 3 amide bonds. The van der Waals surface area contributed by atoms with Crippen molar-refractivity contribution in [3.63, 3.8) is 0 Å². The fourth-order valence-electron chi connectivity index (χ4n) is 5.65. The average molecular weight is 557 g/mol. The molecule has 3 heterocycles. The third-order valence-corrected chi connectivity index (χ3v) is 7.93. The summed E-state index contributed by atoms with van der Waals surface area (Å²) in [6, 6.07) is 9.64. The van der Waals surface area contributed by atoms with E-state index in [1.807, 2.05) is 47.4 Å². The average Bonchev–Trinajstić information content (AvgIpc) is 3.75. The quantitative estimate of drug-likeness (QED) is 0.361. The van der Waals surface area contributed by atoms with E-state index in [4.69, 9.17) is 4.52 Å². The molecule has 1 fully saturated rings. The number of nitrogens with one attached hydrogen (secondary N) is 3. The van der Waals surface area contributed by atoms with Gasteiger partial charge in [-0.05, 0) is 38.7 Å². The number of hydrogen-bond acceptors (Lipinski definition) is 6. The first kappa shape index (κ1) is 28.1. The van der Waals surface area contributed by atoms with Gasteiger partial charge in [0.25, 0.3) is 5.91 Å². The fourth-order valence-corrected chi connectivity index (χ4v) is 5.65. The van der Waals surface area contributed by atoms with E-state index in [1.54, 1.807) is 20.0 Å². The van der Waals surface area contributed by atoms with Crippen LogP contribution < -0.4 is 10.6 Å². The van der Waals surface area contributed by atoms with Crippen LogP contribution in [-0.2, 0) is 9.59 Å². The zero-order chi connectivity index (χ0) is 29.0. The number of carbonyl (C=O) groups excluding carboxylic acids is 3. The van der Waals surface area contributed by atoms with Crippen molar-refractivity contribution in [2.75, 3.05) is 6.54 Å². The summed E-state index contributed by atoms with van der Waals surface area (Å²) in [5.41, 5.74) is 1.67. The number of likely N-dealkylation sites (tertiary alicyclic amines) is 1. The number of aryl methyl sites for hydroxylation is 1.